The zero-order chi connectivity index (χ0) is 24.2. The SMILES string of the molecule is Cc1cc(C)c(S(=O)(=O)N(CCC(=O)N2CCNCC2)CCN2C[C@@H](C)C[C@H](C)C2)cc1C. The van der Waals surface area contributed by atoms with Crippen molar-refractivity contribution in [2.45, 2.75) is 52.4 Å². The molecule has 0 aliphatic carbocycles. The van der Waals surface area contributed by atoms with Gasteiger partial charge in [0.2, 0.25) is 15.9 Å². The van der Waals surface area contributed by atoms with E-state index in [1.165, 1.54) is 6.42 Å². The third-order valence-corrected chi connectivity index (χ3v) is 9.10. The van der Waals surface area contributed by atoms with Gasteiger partial charge < -0.3 is 15.1 Å². The largest absolute Gasteiger partial charge is 0.340 e. The molecule has 0 spiro atoms. The molecule has 7 nitrogen and oxygen atoms in total. The number of amides is 1. The summed E-state index contributed by atoms with van der Waals surface area (Å²) in [5, 5.41) is 3.25. The van der Waals surface area contributed by atoms with Gasteiger partial charge in [-0.3, -0.25) is 4.79 Å². The monoisotopic (exact) mass is 478 g/mol. The lowest BCUT2D eigenvalue weighted by Crippen LogP contribution is -2.48. The van der Waals surface area contributed by atoms with Gasteiger partial charge in [0, 0.05) is 65.3 Å². The first-order valence-corrected chi connectivity index (χ1v) is 13.8. The fourth-order valence-corrected chi connectivity index (χ4v) is 6.95. The average molecular weight is 479 g/mol. The van der Waals surface area contributed by atoms with Gasteiger partial charge in [-0.05, 0) is 61.8 Å². The zero-order valence-electron chi connectivity index (χ0n) is 21.1. The Kier molecular flexibility index (Phi) is 8.95. The molecule has 2 aliphatic heterocycles. The lowest BCUT2D eigenvalue weighted by atomic mass is 9.92. The molecule has 0 radical (unpaired) electrons. The van der Waals surface area contributed by atoms with Crippen molar-refractivity contribution >= 4 is 15.9 Å². The van der Waals surface area contributed by atoms with Crippen molar-refractivity contribution in [3.8, 4) is 0 Å². The van der Waals surface area contributed by atoms with Gasteiger partial charge in [0.25, 0.3) is 0 Å². The molecular weight excluding hydrogens is 436 g/mol. The van der Waals surface area contributed by atoms with E-state index < -0.39 is 10.0 Å². The van der Waals surface area contributed by atoms with Gasteiger partial charge >= 0.3 is 0 Å². The molecule has 0 unspecified atom stereocenters. The Morgan fingerprint density at radius 3 is 2.24 bits per heavy atom. The molecule has 2 aliphatic rings. The fourth-order valence-electron chi connectivity index (χ4n) is 5.22. The second-order valence-corrected chi connectivity index (χ2v) is 12.1. The van der Waals surface area contributed by atoms with Gasteiger partial charge in [0.1, 0.15) is 0 Å². The number of piperazine rings is 1. The summed E-state index contributed by atoms with van der Waals surface area (Å²) in [6, 6.07) is 3.73. The molecule has 0 aromatic heterocycles. The van der Waals surface area contributed by atoms with Gasteiger partial charge in [-0.1, -0.05) is 19.9 Å². The molecule has 8 heteroatoms. The Morgan fingerprint density at radius 1 is 1.00 bits per heavy atom. The van der Waals surface area contributed by atoms with E-state index in [1.54, 1.807) is 10.4 Å². The normalized spacial score (nSPS) is 22.7. The van der Waals surface area contributed by atoms with E-state index in [0.29, 0.717) is 42.9 Å². The summed E-state index contributed by atoms with van der Waals surface area (Å²) in [4.78, 5) is 17.4. The van der Waals surface area contributed by atoms with Gasteiger partial charge in [0.15, 0.2) is 0 Å². The predicted molar refractivity (Wildman–Crippen MR) is 133 cm³/mol. The second kappa shape index (κ2) is 11.3. The Labute approximate surface area is 200 Å². The van der Waals surface area contributed by atoms with Crippen LogP contribution in [0.15, 0.2) is 17.0 Å². The number of nitrogens with zero attached hydrogens (tertiary/aromatic N) is 3. The topological polar surface area (TPSA) is 73.0 Å². The number of sulfonamides is 1. The van der Waals surface area contributed by atoms with E-state index in [2.05, 4.69) is 24.1 Å². The van der Waals surface area contributed by atoms with Gasteiger partial charge in [-0.2, -0.15) is 4.31 Å². The van der Waals surface area contributed by atoms with Crippen molar-refractivity contribution in [3.05, 3.63) is 28.8 Å². The van der Waals surface area contributed by atoms with E-state index >= 15 is 0 Å². The number of rotatable bonds is 8. The fraction of sp³-hybridized carbons (Fsp3) is 0.720. The van der Waals surface area contributed by atoms with Crippen molar-refractivity contribution < 1.29 is 13.2 Å². The molecule has 33 heavy (non-hydrogen) atoms. The number of carbonyl (C=O) groups excluding carboxylic acids is 1. The molecule has 1 amide bonds. The molecule has 2 saturated heterocycles. The summed E-state index contributed by atoms with van der Waals surface area (Å²) in [6.45, 7) is 16.6. The van der Waals surface area contributed by atoms with Crippen molar-refractivity contribution in [3.63, 3.8) is 0 Å². The van der Waals surface area contributed by atoms with Crippen LogP contribution in [0, 0.1) is 32.6 Å². The first-order chi connectivity index (χ1) is 15.6. The number of piperidine rings is 1. The maximum atomic E-state index is 13.8. The Hall–Kier alpha value is -1.48. The quantitative estimate of drug-likeness (QED) is 0.621. The van der Waals surface area contributed by atoms with Crippen LogP contribution in [0.5, 0.6) is 0 Å². The van der Waals surface area contributed by atoms with Gasteiger partial charge in [-0.25, -0.2) is 8.42 Å². The number of hydrogen-bond acceptors (Lipinski definition) is 5. The van der Waals surface area contributed by atoms with Crippen LogP contribution in [0.25, 0.3) is 0 Å². The number of benzene rings is 1. The minimum Gasteiger partial charge on any atom is -0.340 e. The Balaban J connectivity index is 1.77. The number of nitrogens with one attached hydrogen (secondary N) is 1. The summed E-state index contributed by atoms with van der Waals surface area (Å²) in [5.74, 6) is 1.28. The lowest BCUT2D eigenvalue weighted by molar-refractivity contribution is -0.131. The van der Waals surface area contributed by atoms with E-state index in [9.17, 15) is 13.2 Å². The highest BCUT2D eigenvalue weighted by molar-refractivity contribution is 7.89. The van der Waals surface area contributed by atoms with Crippen molar-refractivity contribution in [2.75, 3.05) is 58.9 Å². The maximum absolute atomic E-state index is 13.8. The highest BCUT2D eigenvalue weighted by Gasteiger charge is 2.29. The number of carbonyl (C=O) groups is 1. The summed E-state index contributed by atoms with van der Waals surface area (Å²) >= 11 is 0. The molecule has 2 atom stereocenters. The van der Waals surface area contributed by atoms with Crippen molar-refractivity contribution in [1.29, 1.82) is 0 Å². The minimum absolute atomic E-state index is 0.0359. The summed E-state index contributed by atoms with van der Waals surface area (Å²) in [6.07, 6.45) is 1.44. The number of aryl methyl sites for hydroxylation is 3. The smallest absolute Gasteiger partial charge is 0.243 e. The summed E-state index contributed by atoms with van der Waals surface area (Å²) in [7, 11) is -3.70. The van der Waals surface area contributed by atoms with Crippen LogP contribution in [0.2, 0.25) is 0 Å². The van der Waals surface area contributed by atoms with Crippen LogP contribution < -0.4 is 5.32 Å². The molecular formula is C25H42N4O3S. The predicted octanol–water partition coefficient (Wildman–Crippen LogP) is 2.40. The molecule has 1 aromatic carbocycles. The first kappa shape index (κ1) is 26.1. The van der Waals surface area contributed by atoms with Crippen LogP contribution in [-0.4, -0.2) is 87.3 Å². The summed E-state index contributed by atoms with van der Waals surface area (Å²) < 4.78 is 29.1. The van der Waals surface area contributed by atoms with Crippen LogP contribution >= 0.6 is 0 Å². The second-order valence-electron chi connectivity index (χ2n) is 10.2. The summed E-state index contributed by atoms with van der Waals surface area (Å²) in [5.41, 5.74) is 2.81. The molecule has 2 heterocycles. The Bertz CT molecular complexity index is 918. The Morgan fingerprint density at radius 2 is 1.61 bits per heavy atom. The third-order valence-electron chi connectivity index (χ3n) is 7.06. The maximum Gasteiger partial charge on any atom is 0.243 e. The zero-order valence-corrected chi connectivity index (χ0v) is 21.9. The molecule has 186 valence electrons. The highest BCUT2D eigenvalue weighted by Crippen LogP contribution is 2.25. The van der Waals surface area contributed by atoms with Crippen molar-refractivity contribution in [1.82, 2.24) is 19.4 Å². The lowest BCUT2D eigenvalue weighted by Gasteiger charge is -2.36. The average Bonchev–Trinajstić information content (AvgIpc) is 2.75. The van der Waals surface area contributed by atoms with E-state index in [-0.39, 0.29) is 18.9 Å². The van der Waals surface area contributed by atoms with Crippen LogP contribution in [0.3, 0.4) is 0 Å². The molecule has 0 saturated carbocycles. The van der Waals surface area contributed by atoms with Gasteiger partial charge in [-0.15, -0.1) is 0 Å². The number of hydrogen-bond donors (Lipinski definition) is 1. The molecule has 3 rings (SSSR count). The van der Waals surface area contributed by atoms with Crippen LogP contribution in [-0.2, 0) is 14.8 Å². The van der Waals surface area contributed by atoms with E-state index in [1.807, 2.05) is 31.7 Å². The van der Waals surface area contributed by atoms with Crippen molar-refractivity contribution in [2.24, 2.45) is 11.8 Å². The van der Waals surface area contributed by atoms with E-state index in [4.69, 9.17) is 0 Å². The van der Waals surface area contributed by atoms with Gasteiger partial charge in [0.05, 0.1) is 4.90 Å². The van der Waals surface area contributed by atoms with E-state index in [0.717, 1.165) is 42.9 Å². The molecule has 1 N–H and O–H groups in total. The molecule has 1 aromatic rings. The highest BCUT2D eigenvalue weighted by atomic mass is 32.2. The standard InChI is InChI=1S/C25H42N4O3S/c1-19-14-20(2)18-27(17-19)12-13-29(9-6-25(30)28-10-7-26-8-11-28)33(31,32)24-16-22(4)21(3)15-23(24)5/h15-16,19-20,26H,6-14,17-18H2,1-5H3/t19-,20-/m0/s1. The number of likely N-dealkylation sites (tertiary alicyclic amines) is 1. The minimum atomic E-state index is -3.70. The molecule has 0 bridgehead atoms. The molecule has 2 fully saturated rings. The first-order valence-electron chi connectivity index (χ1n) is 12.4. The van der Waals surface area contributed by atoms with Crippen LogP contribution in [0.1, 0.15) is 43.4 Å². The third kappa shape index (κ3) is 6.78. The van der Waals surface area contributed by atoms with Crippen LogP contribution in [0.4, 0.5) is 0 Å².